The van der Waals surface area contributed by atoms with Crippen molar-refractivity contribution in [2.75, 3.05) is 26.2 Å². The van der Waals surface area contributed by atoms with Crippen LogP contribution >= 0.6 is 0 Å². The number of nitrogens with zero attached hydrogens (tertiary/aromatic N) is 4. The summed E-state index contributed by atoms with van der Waals surface area (Å²) in [5, 5.41) is 0. The normalized spacial score (nSPS) is 15.7. The van der Waals surface area contributed by atoms with E-state index in [1.807, 2.05) is 0 Å². The van der Waals surface area contributed by atoms with Crippen molar-refractivity contribution in [3.8, 4) is 0 Å². The number of pyridine rings is 2. The Bertz CT molecular complexity index is 913. The molecule has 32 heavy (non-hydrogen) atoms. The first-order valence-electron chi connectivity index (χ1n) is 12.0. The molecule has 2 aliphatic heterocycles. The molecule has 0 fully saturated rings. The van der Waals surface area contributed by atoms with Gasteiger partial charge in [0.25, 0.3) is 0 Å². The summed E-state index contributed by atoms with van der Waals surface area (Å²) in [5.74, 6) is 0. The highest BCUT2D eigenvalue weighted by atomic mass is 15.1. The van der Waals surface area contributed by atoms with Crippen molar-refractivity contribution in [1.82, 2.24) is 9.80 Å². The molecule has 2 aromatic rings. The van der Waals surface area contributed by atoms with Crippen LogP contribution in [0.5, 0.6) is 0 Å². The lowest BCUT2D eigenvalue weighted by Gasteiger charge is -2.20. The first-order valence-corrected chi connectivity index (χ1v) is 12.0. The van der Waals surface area contributed by atoms with Gasteiger partial charge in [0.1, 0.15) is 13.1 Å². The summed E-state index contributed by atoms with van der Waals surface area (Å²) < 4.78 is 4.59. The zero-order valence-corrected chi connectivity index (χ0v) is 19.5. The fraction of sp³-hybridized carbons (Fsp3) is 0.357. The van der Waals surface area contributed by atoms with Gasteiger partial charge >= 0.3 is 0 Å². The lowest BCUT2D eigenvalue weighted by Crippen LogP contribution is -2.35. The van der Waals surface area contributed by atoms with Crippen molar-refractivity contribution < 1.29 is 9.13 Å². The number of aryl methyl sites for hydroxylation is 2. The second-order valence-corrected chi connectivity index (χ2v) is 8.48. The Kier molecular flexibility index (Phi) is 7.55. The molecule has 0 aromatic carbocycles. The first kappa shape index (κ1) is 22.1. The Morgan fingerprint density at radius 3 is 1.38 bits per heavy atom. The predicted octanol–water partition coefficient (Wildman–Crippen LogP) is 4.21. The topological polar surface area (TPSA) is 14.2 Å². The van der Waals surface area contributed by atoms with Gasteiger partial charge in [-0.05, 0) is 60.7 Å². The molecule has 0 spiro atoms. The number of hydrogen-bond acceptors (Lipinski definition) is 2. The van der Waals surface area contributed by atoms with E-state index in [2.05, 4.69) is 119 Å². The molecule has 0 unspecified atom stereocenters. The van der Waals surface area contributed by atoms with Crippen LogP contribution in [0.15, 0.2) is 85.8 Å². The fourth-order valence-corrected chi connectivity index (χ4v) is 4.14. The number of hydrogen-bond donors (Lipinski definition) is 0. The van der Waals surface area contributed by atoms with Gasteiger partial charge in [0.15, 0.2) is 24.8 Å². The minimum absolute atomic E-state index is 1.00. The highest BCUT2D eigenvalue weighted by Gasteiger charge is 2.09. The maximum absolute atomic E-state index is 2.31. The molecule has 4 nitrogen and oxygen atoms in total. The monoisotopic (exact) mass is 428 g/mol. The molecule has 4 heteroatoms. The maximum Gasteiger partial charge on any atom is 0.169 e. The second kappa shape index (κ2) is 10.9. The highest BCUT2D eigenvalue weighted by molar-refractivity contribution is 5.75. The molecular weight excluding hydrogens is 392 g/mol. The number of allylic oxidation sites excluding steroid dienone is 4. The third-order valence-corrected chi connectivity index (χ3v) is 6.37. The summed E-state index contributed by atoms with van der Waals surface area (Å²) in [5.41, 5.74) is 5.25. The minimum Gasteiger partial charge on any atom is -0.374 e. The van der Waals surface area contributed by atoms with Gasteiger partial charge in [-0.1, -0.05) is 12.2 Å². The fourth-order valence-electron chi connectivity index (χ4n) is 4.14. The molecule has 4 rings (SSSR count). The average Bonchev–Trinajstić information content (AvgIpc) is 2.87. The van der Waals surface area contributed by atoms with Crippen molar-refractivity contribution in [1.29, 1.82) is 0 Å². The smallest absolute Gasteiger partial charge is 0.169 e. The highest BCUT2D eigenvalue weighted by Crippen LogP contribution is 2.19. The van der Waals surface area contributed by atoms with Gasteiger partial charge in [-0.15, -0.1) is 0 Å². The average molecular weight is 429 g/mol. The Labute approximate surface area is 193 Å². The quantitative estimate of drug-likeness (QED) is 0.439. The van der Waals surface area contributed by atoms with Crippen LogP contribution in [0.3, 0.4) is 0 Å². The predicted molar refractivity (Wildman–Crippen MR) is 131 cm³/mol. The van der Waals surface area contributed by atoms with Crippen LogP contribution in [0.25, 0.3) is 11.1 Å². The molecule has 166 valence electrons. The molecule has 2 aliphatic rings. The van der Waals surface area contributed by atoms with Gasteiger partial charge in [0.05, 0.1) is 0 Å². The van der Waals surface area contributed by atoms with Crippen molar-refractivity contribution >= 4 is 11.1 Å². The van der Waals surface area contributed by atoms with Gasteiger partial charge < -0.3 is 9.80 Å². The SMILES string of the molecule is CCN1C=CC(c2cc[n+](CCCC[n+]3ccc(C4=CCN(CC)C=C4)cc3)cc2)=CC1. The standard InChI is InChI=1S/C28H36N4/c1-3-29-17-7-25(8-18-29)27-11-21-31(22-12-27)15-5-6-16-32-23-13-28(14-24-32)26-9-19-30(4-2)20-10-26/h7-14,17,19,21-24H,3-6,15-16,18,20H2,1-2H3/q+2. The number of aromatic nitrogens is 2. The van der Waals surface area contributed by atoms with Gasteiger partial charge in [0, 0.05) is 63.3 Å². The number of rotatable bonds is 9. The first-order chi connectivity index (χ1) is 15.7. The molecule has 4 heterocycles. The molecular formula is C28H36N4+2. The summed E-state index contributed by atoms with van der Waals surface area (Å²) in [6, 6.07) is 8.94. The molecule has 0 N–H and O–H groups in total. The van der Waals surface area contributed by atoms with Crippen LogP contribution in [0.2, 0.25) is 0 Å². The molecule has 0 aliphatic carbocycles. The van der Waals surface area contributed by atoms with E-state index in [1.54, 1.807) is 0 Å². The molecule has 0 saturated heterocycles. The molecule has 0 radical (unpaired) electrons. The van der Waals surface area contributed by atoms with Crippen LogP contribution in [0.4, 0.5) is 0 Å². The van der Waals surface area contributed by atoms with Crippen LogP contribution in [-0.2, 0) is 13.1 Å². The van der Waals surface area contributed by atoms with E-state index in [4.69, 9.17) is 0 Å². The summed E-state index contributed by atoms with van der Waals surface area (Å²) in [7, 11) is 0. The minimum atomic E-state index is 1.00. The molecule has 2 aromatic heterocycles. The van der Waals surface area contributed by atoms with Crippen molar-refractivity contribution in [3.63, 3.8) is 0 Å². The zero-order valence-electron chi connectivity index (χ0n) is 19.5. The summed E-state index contributed by atoms with van der Waals surface area (Å²) in [4.78, 5) is 4.62. The van der Waals surface area contributed by atoms with Crippen LogP contribution in [0, 0.1) is 0 Å². The largest absolute Gasteiger partial charge is 0.374 e. The van der Waals surface area contributed by atoms with E-state index in [0.717, 1.165) is 39.3 Å². The van der Waals surface area contributed by atoms with E-state index in [1.165, 1.54) is 35.1 Å². The van der Waals surface area contributed by atoms with Crippen LogP contribution in [-0.4, -0.2) is 36.0 Å². The summed E-state index contributed by atoms with van der Waals surface area (Å²) in [6.07, 6.45) is 24.7. The molecule has 0 atom stereocenters. The third-order valence-electron chi connectivity index (χ3n) is 6.37. The van der Waals surface area contributed by atoms with E-state index >= 15 is 0 Å². The molecule has 0 amide bonds. The molecule has 0 bridgehead atoms. The van der Waals surface area contributed by atoms with Crippen molar-refractivity contribution in [3.05, 3.63) is 96.9 Å². The Morgan fingerprint density at radius 2 is 1.06 bits per heavy atom. The van der Waals surface area contributed by atoms with Gasteiger partial charge in [-0.3, -0.25) is 0 Å². The van der Waals surface area contributed by atoms with E-state index in [-0.39, 0.29) is 0 Å². The Morgan fingerprint density at radius 1 is 0.656 bits per heavy atom. The number of unbranched alkanes of at least 4 members (excludes halogenated alkanes) is 1. The lowest BCUT2D eigenvalue weighted by atomic mass is 10.1. The van der Waals surface area contributed by atoms with Gasteiger partial charge in [-0.2, -0.15) is 0 Å². The lowest BCUT2D eigenvalue weighted by molar-refractivity contribution is -0.708. The summed E-state index contributed by atoms with van der Waals surface area (Å²) in [6.45, 7) is 10.6. The number of likely N-dealkylation sites (N-methyl/N-ethyl adjacent to an activating group) is 2. The van der Waals surface area contributed by atoms with Crippen molar-refractivity contribution in [2.24, 2.45) is 0 Å². The third kappa shape index (κ3) is 5.76. The van der Waals surface area contributed by atoms with Crippen molar-refractivity contribution in [2.45, 2.75) is 39.8 Å². The summed E-state index contributed by atoms with van der Waals surface area (Å²) >= 11 is 0. The van der Waals surface area contributed by atoms with Gasteiger partial charge in [-0.25, -0.2) is 9.13 Å². The van der Waals surface area contributed by atoms with Gasteiger partial charge in [0.2, 0.25) is 0 Å². The zero-order chi connectivity index (χ0) is 22.2. The Hall–Kier alpha value is -3.14. The maximum atomic E-state index is 2.31. The van der Waals surface area contributed by atoms with Crippen LogP contribution < -0.4 is 9.13 Å². The van der Waals surface area contributed by atoms with Crippen LogP contribution in [0.1, 0.15) is 37.8 Å². The van der Waals surface area contributed by atoms with E-state index in [0.29, 0.717) is 0 Å². The van der Waals surface area contributed by atoms with E-state index in [9.17, 15) is 0 Å². The second-order valence-electron chi connectivity index (χ2n) is 8.48. The van der Waals surface area contributed by atoms with E-state index < -0.39 is 0 Å². The Balaban J connectivity index is 1.21. The molecule has 0 saturated carbocycles.